The summed E-state index contributed by atoms with van der Waals surface area (Å²) in [4.78, 5) is 14.6. The molecular weight excluding hydrogens is 296 g/mol. The van der Waals surface area contributed by atoms with Crippen LogP contribution in [0.25, 0.3) is 0 Å². The van der Waals surface area contributed by atoms with E-state index in [9.17, 15) is 9.18 Å². The lowest BCUT2D eigenvalue weighted by Gasteiger charge is -2.07. The first-order valence-electron chi connectivity index (χ1n) is 4.99. The van der Waals surface area contributed by atoms with Crippen molar-refractivity contribution in [2.24, 2.45) is 0 Å². The topological polar surface area (TPSA) is 59.4 Å². The maximum absolute atomic E-state index is 13.6. The van der Waals surface area contributed by atoms with Crippen LogP contribution < -0.4 is 4.74 Å². The van der Waals surface area contributed by atoms with Gasteiger partial charge in [-0.25, -0.2) is 14.2 Å². The third kappa shape index (κ3) is 2.94. The summed E-state index contributed by atoms with van der Waals surface area (Å²) in [6.45, 7) is 0. The molecule has 0 fully saturated rings. The van der Waals surface area contributed by atoms with E-state index in [1.54, 1.807) is 0 Å². The number of hydrogen-bond donors (Lipinski definition) is 1. The molecule has 98 valence electrons. The van der Waals surface area contributed by atoms with Crippen molar-refractivity contribution in [3.63, 3.8) is 0 Å². The van der Waals surface area contributed by atoms with E-state index < -0.39 is 11.8 Å². The van der Waals surface area contributed by atoms with Gasteiger partial charge in [0.1, 0.15) is 0 Å². The summed E-state index contributed by atoms with van der Waals surface area (Å²) in [5.74, 6) is -2.23. The Labute approximate surface area is 117 Å². The van der Waals surface area contributed by atoms with Crippen molar-refractivity contribution in [3.05, 3.63) is 51.9 Å². The van der Waals surface area contributed by atoms with Gasteiger partial charge in [0.2, 0.25) is 5.88 Å². The molecule has 0 bridgehead atoms. The smallest absolute Gasteiger partial charge is 0.337 e. The van der Waals surface area contributed by atoms with Crippen molar-refractivity contribution < 1.29 is 19.0 Å². The van der Waals surface area contributed by atoms with E-state index in [2.05, 4.69) is 4.98 Å². The van der Waals surface area contributed by atoms with E-state index in [0.29, 0.717) is 0 Å². The van der Waals surface area contributed by atoms with Gasteiger partial charge >= 0.3 is 5.97 Å². The molecule has 0 radical (unpaired) electrons. The van der Waals surface area contributed by atoms with Crippen LogP contribution in [0.3, 0.4) is 0 Å². The third-order valence-corrected chi connectivity index (χ3v) is 2.78. The van der Waals surface area contributed by atoms with E-state index in [1.807, 2.05) is 0 Å². The molecule has 2 rings (SSSR count). The minimum Gasteiger partial charge on any atom is -0.478 e. The maximum atomic E-state index is 13.6. The van der Waals surface area contributed by atoms with Crippen molar-refractivity contribution in [1.29, 1.82) is 0 Å². The summed E-state index contributed by atoms with van der Waals surface area (Å²) < 4.78 is 18.7. The standard InChI is InChI=1S/C12H6Cl2FNO3/c13-7-2-1-3-9(11(7)15)19-10-4-6(12(17)18)8(14)5-16-10/h1-5H,(H,17,18). The summed E-state index contributed by atoms with van der Waals surface area (Å²) >= 11 is 11.3. The SMILES string of the molecule is O=C(O)c1cc(Oc2cccc(Cl)c2F)ncc1Cl. The molecule has 1 aromatic carbocycles. The second-order valence-corrected chi connectivity index (χ2v) is 4.28. The minimum absolute atomic E-state index is 0.0357. The number of ether oxygens (including phenoxy) is 1. The van der Waals surface area contributed by atoms with Crippen LogP contribution in [0, 0.1) is 5.82 Å². The quantitative estimate of drug-likeness (QED) is 0.930. The first-order valence-corrected chi connectivity index (χ1v) is 5.75. The molecule has 0 amide bonds. The average Bonchev–Trinajstić information content (AvgIpc) is 2.37. The number of carboxylic acid groups (broad SMARTS) is 1. The molecule has 0 unspecified atom stereocenters. The molecule has 0 spiro atoms. The van der Waals surface area contributed by atoms with Gasteiger partial charge in [0.15, 0.2) is 11.6 Å². The molecule has 7 heteroatoms. The fourth-order valence-corrected chi connectivity index (χ4v) is 1.66. The molecule has 0 aliphatic heterocycles. The lowest BCUT2D eigenvalue weighted by molar-refractivity contribution is 0.0696. The highest BCUT2D eigenvalue weighted by Crippen LogP contribution is 2.29. The Hall–Kier alpha value is -1.85. The van der Waals surface area contributed by atoms with Gasteiger partial charge < -0.3 is 9.84 Å². The Balaban J connectivity index is 2.36. The molecule has 0 atom stereocenters. The molecule has 19 heavy (non-hydrogen) atoms. The third-order valence-electron chi connectivity index (χ3n) is 2.19. The Morgan fingerprint density at radius 2 is 2.05 bits per heavy atom. The Morgan fingerprint density at radius 1 is 1.32 bits per heavy atom. The molecule has 1 N–H and O–H groups in total. The van der Waals surface area contributed by atoms with Gasteiger partial charge in [-0.3, -0.25) is 0 Å². The van der Waals surface area contributed by atoms with E-state index in [1.165, 1.54) is 18.2 Å². The number of hydrogen-bond acceptors (Lipinski definition) is 3. The van der Waals surface area contributed by atoms with Gasteiger partial charge in [0.05, 0.1) is 21.8 Å². The first-order chi connectivity index (χ1) is 8.99. The van der Waals surface area contributed by atoms with Crippen molar-refractivity contribution in [2.45, 2.75) is 0 Å². The normalized spacial score (nSPS) is 10.3. The summed E-state index contributed by atoms with van der Waals surface area (Å²) in [5, 5.41) is 8.75. The van der Waals surface area contributed by atoms with Crippen LogP contribution >= 0.6 is 23.2 Å². The number of benzene rings is 1. The highest BCUT2D eigenvalue weighted by molar-refractivity contribution is 6.33. The van der Waals surface area contributed by atoms with Crippen LogP contribution in [0.2, 0.25) is 10.0 Å². The summed E-state index contributed by atoms with van der Waals surface area (Å²) in [6, 6.07) is 5.31. The van der Waals surface area contributed by atoms with Crippen LogP contribution in [0.5, 0.6) is 11.6 Å². The molecule has 1 heterocycles. The van der Waals surface area contributed by atoms with Crippen LogP contribution in [-0.4, -0.2) is 16.1 Å². The first kappa shape index (κ1) is 13.6. The predicted molar refractivity (Wildman–Crippen MR) is 67.7 cm³/mol. The van der Waals surface area contributed by atoms with E-state index in [4.69, 9.17) is 33.0 Å². The number of aromatic nitrogens is 1. The molecular formula is C12H6Cl2FNO3. The Bertz CT molecular complexity index is 649. The lowest BCUT2D eigenvalue weighted by Crippen LogP contribution is -2.00. The van der Waals surface area contributed by atoms with Gasteiger partial charge in [-0.05, 0) is 12.1 Å². The molecule has 0 aliphatic carbocycles. The molecule has 0 saturated heterocycles. The number of carbonyl (C=O) groups is 1. The zero-order valence-electron chi connectivity index (χ0n) is 9.23. The predicted octanol–water partition coefficient (Wildman–Crippen LogP) is 4.02. The van der Waals surface area contributed by atoms with Crippen LogP contribution in [-0.2, 0) is 0 Å². The number of pyridine rings is 1. The fraction of sp³-hybridized carbons (Fsp3) is 0. The number of nitrogens with zero attached hydrogens (tertiary/aromatic N) is 1. The van der Waals surface area contributed by atoms with E-state index in [-0.39, 0.29) is 27.2 Å². The highest BCUT2D eigenvalue weighted by atomic mass is 35.5. The summed E-state index contributed by atoms with van der Waals surface area (Å²) in [6.07, 6.45) is 1.11. The minimum atomic E-state index is -1.23. The largest absolute Gasteiger partial charge is 0.478 e. The zero-order valence-corrected chi connectivity index (χ0v) is 10.7. The molecule has 1 aromatic heterocycles. The molecule has 4 nitrogen and oxygen atoms in total. The van der Waals surface area contributed by atoms with Gasteiger partial charge in [-0.2, -0.15) is 0 Å². The van der Waals surface area contributed by atoms with E-state index in [0.717, 1.165) is 12.3 Å². The number of aromatic carboxylic acids is 1. The summed E-state index contributed by atoms with van der Waals surface area (Å²) in [5.41, 5.74) is -0.186. The van der Waals surface area contributed by atoms with Crippen molar-refractivity contribution in [1.82, 2.24) is 4.98 Å². The van der Waals surface area contributed by atoms with Gasteiger partial charge in [0.25, 0.3) is 0 Å². The van der Waals surface area contributed by atoms with Crippen molar-refractivity contribution >= 4 is 29.2 Å². The fourth-order valence-electron chi connectivity index (χ4n) is 1.31. The zero-order chi connectivity index (χ0) is 14.0. The van der Waals surface area contributed by atoms with Gasteiger partial charge in [0, 0.05) is 6.07 Å². The summed E-state index contributed by atoms with van der Waals surface area (Å²) in [7, 11) is 0. The number of carboxylic acids is 1. The molecule has 0 aliphatic rings. The molecule has 2 aromatic rings. The number of halogens is 3. The van der Waals surface area contributed by atoms with Crippen molar-refractivity contribution in [2.75, 3.05) is 0 Å². The lowest BCUT2D eigenvalue weighted by atomic mass is 10.2. The Kier molecular flexibility index (Phi) is 3.87. The van der Waals surface area contributed by atoms with Gasteiger partial charge in [-0.1, -0.05) is 29.3 Å². The van der Waals surface area contributed by atoms with Crippen LogP contribution in [0.4, 0.5) is 4.39 Å². The monoisotopic (exact) mass is 301 g/mol. The van der Waals surface area contributed by atoms with E-state index >= 15 is 0 Å². The van der Waals surface area contributed by atoms with Gasteiger partial charge in [-0.15, -0.1) is 0 Å². The highest BCUT2D eigenvalue weighted by Gasteiger charge is 2.13. The number of rotatable bonds is 3. The second kappa shape index (κ2) is 5.42. The second-order valence-electron chi connectivity index (χ2n) is 3.46. The van der Waals surface area contributed by atoms with Crippen LogP contribution in [0.15, 0.2) is 30.5 Å². The maximum Gasteiger partial charge on any atom is 0.337 e. The molecule has 0 saturated carbocycles. The van der Waals surface area contributed by atoms with Crippen LogP contribution in [0.1, 0.15) is 10.4 Å². The average molecular weight is 302 g/mol. The Morgan fingerprint density at radius 3 is 2.74 bits per heavy atom. The van der Waals surface area contributed by atoms with Crippen molar-refractivity contribution in [3.8, 4) is 11.6 Å².